The van der Waals surface area contributed by atoms with E-state index in [1.165, 1.54) is 24.3 Å². The number of benzene rings is 1. The van der Waals surface area contributed by atoms with Crippen molar-refractivity contribution in [1.82, 2.24) is 14.8 Å². The highest BCUT2D eigenvalue weighted by molar-refractivity contribution is 5.90. The van der Waals surface area contributed by atoms with Crippen LogP contribution in [0.5, 0.6) is 5.88 Å². The Kier molecular flexibility index (Phi) is 3.15. The summed E-state index contributed by atoms with van der Waals surface area (Å²) in [7, 11) is 1.46. The van der Waals surface area contributed by atoms with E-state index < -0.39 is 5.56 Å². The van der Waals surface area contributed by atoms with Crippen LogP contribution in [0.4, 0.5) is 5.82 Å². The highest BCUT2D eigenvalue weighted by Gasteiger charge is 2.16. The van der Waals surface area contributed by atoms with E-state index in [4.69, 9.17) is 4.74 Å². The summed E-state index contributed by atoms with van der Waals surface area (Å²) in [5.74, 6) is 0.0896. The van der Waals surface area contributed by atoms with Crippen molar-refractivity contribution in [3.63, 3.8) is 0 Å². The van der Waals surface area contributed by atoms with Crippen LogP contribution in [0.15, 0.2) is 46.2 Å². The zero-order chi connectivity index (χ0) is 14.8. The van der Waals surface area contributed by atoms with Crippen LogP contribution in [-0.4, -0.2) is 33.4 Å². The van der Waals surface area contributed by atoms with Gasteiger partial charge in [-0.05, 0) is 12.1 Å². The molecule has 0 aliphatic rings. The minimum Gasteiger partial charge on any atom is -0.494 e. The molecule has 7 nitrogen and oxygen atoms in total. The van der Waals surface area contributed by atoms with Gasteiger partial charge in [0.15, 0.2) is 18.1 Å². The molecule has 106 valence electrons. The Labute approximate surface area is 119 Å². The number of pyridine rings is 1. The van der Waals surface area contributed by atoms with Crippen LogP contribution in [-0.2, 0) is 4.74 Å². The number of fused-ring (bicyclic) bond motifs is 1. The Morgan fingerprint density at radius 3 is 2.86 bits per heavy atom. The molecule has 7 heteroatoms. The smallest absolute Gasteiger partial charge is 0.264 e. The van der Waals surface area contributed by atoms with Crippen LogP contribution in [0.25, 0.3) is 16.6 Å². The monoisotopic (exact) mass is 284 g/mol. The van der Waals surface area contributed by atoms with Crippen molar-refractivity contribution in [2.45, 2.75) is 0 Å². The van der Waals surface area contributed by atoms with Gasteiger partial charge in [-0.15, -0.1) is 0 Å². The minimum absolute atomic E-state index is 0.243. The minimum atomic E-state index is -0.463. The number of aromatic hydroxyl groups is 1. The fraction of sp³-hybridized carbons (Fsp3) is 0.0714. The molecule has 1 aromatic carbocycles. The Bertz CT molecular complexity index is 865. The van der Waals surface area contributed by atoms with Gasteiger partial charge in [0, 0.05) is 6.07 Å². The number of nitrogens with one attached hydrogen (secondary N) is 1. The lowest BCUT2D eigenvalue weighted by Gasteiger charge is -2.02. The molecule has 0 fully saturated rings. The first kappa shape index (κ1) is 12.9. The third-order valence-electron chi connectivity index (χ3n) is 2.91. The van der Waals surface area contributed by atoms with Crippen molar-refractivity contribution in [3.05, 3.63) is 46.8 Å². The predicted octanol–water partition coefficient (Wildman–Crippen LogP) is 1.73. The number of para-hydroxylation sites is 1. The number of ether oxygens (including phenoxy) is 1. The van der Waals surface area contributed by atoms with E-state index in [1.54, 1.807) is 0 Å². The molecule has 0 radical (unpaired) electrons. The number of H-pyrrole nitrogens is 1. The molecule has 0 aliphatic heterocycles. The second kappa shape index (κ2) is 5.12. The lowest BCUT2D eigenvalue weighted by molar-refractivity contribution is 0.423. The fourth-order valence-corrected chi connectivity index (χ4v) is 2.06. The third kappa shape index (κ3) is 2.25. The normalized spacial score (nSPS) is 11.3. The van der Waals surface area contributed by atoms with Gasteiger partial charge in [0.2, 0.25) is 0 Å². The fourth-order valence-electron chi connectivity index (χ4n) is 2.06. The average molecular weight is 284 g/mol. The van der Waals surface area contributed by atoms with E-state index in [9.17, 15) is 9.90 Å². The van der Waals surface area contributed by atoms with Crippen LogP contribution in [0.3, 0.4) is 0 Å². The number of nitrogens with zero attached hydrogens (tertiary/aromatic N) is 3. The summed E-state index contributed by atoms with van der Waals surface area (Å²) in [6.07, 6.45) is 1.22. The van der Waals surface area contributed by atoms with Gasteiger partial charge in [-0.1, -0.05) is 18.2 Å². The number of hydrogen-bond donors (Lipinski definition) is 2. The van der Waals surface area contributed by atoms with E-state index in [1.807, 2.05) is 30.3 Å². The van der Waals surface area contributed by atoms with Crippen molar-refractivity contribution in [1.29, 1.82) is 0 Å². The molecular formula is C14H12N4O3. The van der Waals surface area contributed by atoms with Crippen molar-refractivity contribution < 1.29 is 9.84 Å². The van der Waals surface area contributed by atoms with E-state index in [2.05, 4.69) is 15.1 Å². The SMILES string of the molecule is COC=Nc1c2c(=O)[nH]c(O)cc2nn1-c1ccccc1. The molecule has 0 unspecified atom stereocenters. The molecule has 0 bridgehead atoms. The van der Waals surface area contributed by atoms with Gasteiger partial charge in [-0.25, -0.2) is 9.67 Å². The van der Waals surface area contributed by atoms with E-state index in [0.717, 1.165) is 5.69 Å². The maximum atomic E-state index is 12.0. The average Bonchev–Trinajstić information content (AvgIpc) is 2.84. The van der Waals surface area contributed by atoms with Gasteiger partial charge >= 0.3 is 0 Å². The number of aromatic nitrogens is 3. The largest absolute Gasteiger partial charge is 0.494 e. The van der Waals surface area contributed by atoms with Crippen molar-refractivity contribution in [2.75, 3.05) is 7.11 Å². The maximum Gasteiger partial charge on any atom is 0.264 e. The Hall–Kier alpha value is -3.09. The zero-order valence-corrected chi connectivity index (χ0v) is 11.1. The second-order valence-electron chi connectivity index (χ2n) is 4.29. The second-order valence-corrected chi connectivity index (χ2v) is 4.29. The molecule has 0 saturated carbocycles. The van der Waals surface area contributed by atoms with E-state index in [-0.39, 0.29) is 11.3 Å². The number of rotatable bonds is 3. The van der Waals surface area contributed by atoms with Crippen LogP contribution in [0.1, 0.15) is 0 Å². The Balaban J connectivity index is 2.36. The molecule has 0 atom stereocenters. The quantitative estimate of drug-likeness (QED) is 0.566. The lowest BCUT2D eigenvalue weighted by atomic mass is 10.3. The van der Waals surface area contributed by atoms with Crippen LogP contribution in [0.2, 0.25) is 0 Å². The molecular weight excluding hydrogens is 272 g/mol. The lowest BCUT2D eigenvalue weighted by Crippen LogP contribution is -2.04. The molecule has 2 heterocycles. The third-order valence-corrected chi connectivity index (χ3v) is 2.91. The van der Waals surface area contributed by atoms with Crippen LogP contribution >= 0.6 is 0 Å². The molecule has 0 spiro atoms. The molecule has 3 aromatic rings. The van der Waals surface area contributed by atoms with Gasteiger partial charge in [-0.3, -0.25) is 9.78 Å². The summed E-state index contributed by atoms with van der Waals surface area (Å²) in [6.45, 7) is 0. The number of aliphatic imine (C=N–C) groups is 1. The van der Waals surface area contributed by atoms with E-state index >= 15 is 0 Å². The maximum absolute atomic E-state index is 12.0. The van der Waals surface area contributed by atoms with Gasteiger partial charge in [-0.2, -0.15) is 5.10 Å². The first-order chi connectivity index (χ1) is 10.2. The zero-order valence-electron chi connectivity index (χ0n) is 11.1. The summed E-state index contributed by atoms with van der Waals surface area (Å²) >= 11 is 0. The number of hydrogen-bond acceptors (Lipinski definition) is 5. The van der Waals surface area contributed by atoms with Gasteiger partial charge in [0.1, 0.15) is 10.9 Å². The topological polar surface area (TPSA) is 92.5 Å². The highest BCUT2D eigenvalue weighted by Crippen LogP contribution is 2.27. The number of aromatic amines is 1. The van der Waals surface area contributed by atoms with Gasteiger partial charge in [0.05, 0.1) is 12.8 Å². The predicted molar refractivity (Wildman–Crippen MR) is 78.5 cm³/mol. The highest BCUT2D eigenvalue weighted by atomic mass is 16.5. The van der Waals surface area contributed by atoms with Crippen LogP contribution in [0, 0.1) is 0 Å². The van der Waals surface area contributed by atoms with E-state index in [0.29, 0.717) is 11.3 Å². The molecule has 2 aromatic heterocycles. The molecule has 2 N–H and O–H groups in total. The Morgan fingerprint density at radius 2 is 2.14 bits per heavy atom. The summed E-state index contributed by atoms with van der Waals surface area (Å²) < 4.78 is 6.35. The van der Waals surface area contributed by atoms with Crippen molar-refractivity contribution >= 4 is 23.1 Å². The van der Waals surface area contributed by atoms with Gasteiger partial charge < -0.3 is 9.84 Å². The molecule has 21 heavy (non-hydrogen) atoms. The molecule has 0 amide bonds. The first-order valence-electron chi connectivity index (χ1n) is 6.16. The Morgan fingerprint density at radius 1 is 1.38 bits per heavy atom. The van der Waals surface area contributed by atoms with Crippen molar-refractivity contribution in [3.8, 4) is 11.6 Å². The summed E-state index contributed by atoms with van der Waals surface area (Å²) in [4.78, 5) is 18.5. The standard InChI is InChI=1S/C14H12N4O3/c1-21-8-15-13-12-10(7-11(19)16-14(12)20)17-18(13)9-5-3-2-4-6-9/h2-8,19H,1H3,(H,16,20). The first-order valence-corrected chi connectivity index (χ1v) is 6.16. The molecule has 0 saturated heterocycles. The summed E-state index contributed by atoms with van der Waals surface area (Å²) in [6, 6.07) is 10.6. The summed E-state index contributed by atoms with van der Waals surface area (Å²) in [5.41, 5.74) is 0.634. The van der Waals surface area contributed by atoms with Gasteiger partial charge in [0.25, 0.3) is 5.56 Å². The molecule has 3 rings (SSSR count). The number of methoxy groups -OCH3 is 1. The summed E-state index contributed by atoms with van der Waals surface area (Å²) in [5, 5.41) is 14.1. The molecule has 0 aliphatic carbocycles. The van der Waals surface area contributed by atoms with Crippen molar-refractivity contribution in [2.24, 2.45) is 4.99 Å². The van der Waals surface area contributed by atoms with Crippen LogP contribution < -0.4 is 5.56 Å².